The molecule has 2 aromatic heterocycles. The third kappa shape index (κ3) is 3.54. The Morgan fingerprint density at radius 3 is 3.05 bits per heavy atom. The van der Waals surface area contributed by atoms with Crippen molar-refractivity contribution in [1.82, 2.24) is 15.3 Å². The summed E-state index contributed by atoms with van der Waals surface area (Å²) >= 11 is 0. The zero-order chi connectivity index (χ0) is 13.7. The SMILES string of the molecule is O=C(O)CCCNC(=O)Cc1c[nH]c2ncccc12. The Morgan fingerprint density at radius 1 is 1.42 bits per heavy atom. The molecular formula is C13H15N3O3. The summed E-state index contributed by atoms with van der Waals surface area (Å²) in [6.45, 7) is 0.381. The van der Waals surface area contributed by atoms with Crippen LogP contribution in [-0.4, -0.2) is 33.5 Å². The van der Waals surface area contributed by atoms with Gasteiger partial charge in [-0.25, -0.2) is 4.98 Å². The van der Waals surface area contributed by atoms with Crippen LogP contribution in [0.5, 0.6) is 0 Å². The van der Waals surface area contributed by atoms with E-state index in [9.17, 15) is 9.59 Å². The number of rotatable bonds is 6. The number of amides is 1. The lowest BCUT2D eigenvalue weighted by atomic mass is 10.1. The lowest BCUT2D eigenvalue weighted by Crippen LogP contribution is -2.26. The van der Waals surface area contributed by atoms with Crippen molar-refractivity contribution in [2.45, 2.75) is 19.3 Å². The smallest absolute Gasteiger partial charge is 0.303 e. The van der Waals surface area contributed by atoms with Crippen molar-refractivity contribution >= 4 is 22.9 Å². The van der Waals surface area contributed by atoms with Crippen LogP contribution in [0.3, 0.4) is 0 Å². The van der Waals surface area contributed by atoms with E-state index in [0.29, 0.717) is 13.0 Å². The Labute approximate surface area is 109 Å². The zero-order valence-electron chi connectivity index (χ0n) is 10.3. The maximum Gasteiger partial charge on any atom is 0.303 e. The molecule has 100 valence electrons. The number of aromatic nitrogens is 2. The van der Waals surface area contributed by atoms with Crippen LogP contribution in [0.4, 0.5) is 0 Å². The number of aromatic amines is 1. The Morgan fingerprint density at radius 2 is 2.26 bits per heavy atom. The lowest BCUT2D eigenvalue weighted by molar-refractivity contribution is -0.137. The first-order valence-corrected chi connectivity index (χ1v) is 6.06. The number of pyridine rings is 1. The van der Waals surface area contributed by atoms with E-state index >= 15 is 0 Å². The minimum atomic E-state index is -0.850. The highest BCUT2D eigenvalue weighted by Gasteiger charge is 2.08. The molecule has 0 aliphatic carbocycles. The summed E-state index contributed by atoms with van der Waals surface area (Å²) in [7, 11) is 0. The lowest BCUT2D eigenvalue weighted by Gasteiger charge is -2.03. The fourth-order valence-electron chi connectivity index (χ4n) is 1.86. The van der Waals surface area contributed by atoms with Gasteiger partial charge in [-0.1, -0.05) is 0 Å². The van der Waals surface area contributed by atoms with Crippen molar-refractivity contribution in [3.8, 4) is 0 Å². The van der Waals surface area contributed by atoms with Crippen molar-refractivity contribution in [3.05, 3.63) is 30.1 Å². The number of aliphatic carboxylic acids is 1. The van der Waals surface area contributed by atoms with E-state index < -0.39 is 5.97 Å². The third-order valence-corrected chi connectivity index (χ3v) is 2.78. The highest BCUT2D eigenvalue weighted by Crippen LogP contribution is 2.15. The van der Waals surface area contributed by atoms with Gasteiger partial charge in [0.1, 0.15) is 5.65 Å². The van der Waals surface area contributed by atoms with Gasteiger partial charge in [0.2, 0.25) is 5.91 Å². The Balaban J connectivity index is 1.87. The molecule has 0 radical (unpaired) electrons. The van der Waals surface area contributed by atoms with Crippen molar-refractivity contribution < 1.29 is 14.7 Å². The third-order valence-electron chi connectivity index (χ3n) is 2.78. The molecule has 0 aliphatic heterocycles. The van der Waals surface area contributed by atoms with Crippen LogP contribution < -0.4 is 5.32 Å². The highest BCUT2D eigenvalue weighted by atomic mass is 16.4. The topological polar surface area (TPSA) is 95.1 Å². The van der Waals surface area contributed by atoms with Gasteiger partial charge in [0, 0.05) is 30.7 Å². The molecule has 0 aromatic carbocycles. The fourth-order valence-corrected chi connectivity index (χ4v) is 1.86. The normalized spacial score (nSPS) is 10.5. The van der Waals surface area contributed by atoms with Gasteiger partial charge < -0.3 is 15.4 Å². The first-order valence-electron chi connectivity index (χ1n) is 6.06. The number of fused-ring (bicyclic) bond motifs is 1. The van der Waals surface area contributed by atoms with E-state index in [1.807, 2.05) is 12.1 Å². The number of hydrogen-bond donors (Lipinski definition) is 3. The summed E-state index contributed by atoms with van der Waals surface area (Å²) in [6.07, 6.45) is 4.23. The second-order valence-corrected chi connectivity index (χ2v) is 4.24. The average Bonchev–Trinajstić information content (AvgIpc) is 2.78. The van der Waals surface area contributed by atoms with Crippen LogP contribution in [-0.2, 0) is 16.0 Å². The molecule has 2 rings (SSSR count). The number of carbonyl (C=O) groups excluding carboxylic acids is 1. The molecule has 0 saturated heterocycles. The molecule has 0 spiro atoms. The number of nitrogens with one attached hydrogen (secondary N) is 2. The molecule has 0 unspecified atom stereocenters. The van der Waals surface area contributed by atoms with Gasteiger partial charge >= 0.3 is 5.97 Å². The van der Waals surface area contributed by atoms with Gasteiger partial charge in [-0.2, -0.15) is 0 Å². The van der Waals surface area contributed by atoms with Crippen LogP contribution in [0.2, 0.25) is 0 Å². The van der Waals surface area contributed by atoms with Crippen LogP contribution in [0, 0.1) is 0 Å². The predicted octanol–water partition coefficient (Wildman–Crippen LogP) is 1.09. The molecule has 6 heteroatoms. The van der Waals surface area contributed by atoms with Crippen molar-refractivity contribution in [2.24, 2.45) is 0 Å². The zero-order valence-corrected chi connectivity index (χ0v) is 10.3. The van der Waals surface area contributed by atoms with E-state index in [1.165, 1.54) is 0 Å². The van der Waals surface area contributed by atoms with Crippen LogP contribution >= 0.6 is 0 Å². The van der Waals surface area contributed by atoms with Crippen LogP contribution in [0.1, 0.15) is 18.4 Å². The summed E-state index contributed by atoms with van der Waals surface area (Å²) < 4.78 is 0. The molecule has 0 bridgehead atoms. The van der Waals surface area contributed by atoms with Crippen molar-refractivity contribution in [2.75, 3.05) is 6.54 Å². The Kier molecular flexibility index (Phi) is 4.12. The Hall–Kier alpha value is -2.37. The fraction of sp³-hybridized carbons (Fsp3) is 0.308. The van der Waals surface area contributed by atoms with Gasteiger partial charge in [-0.05, 0) is 24.1 Å². The van der Waals surface area contributed by atoms with Crippen molar-refractivity contribution in [1.29, 1.82) is 0 Å². The van der Waals surface area contributed by atoms with Gasteiger partial charge in [0.05, 0.1) is 6.42 Å². The number of H-pyrrole nitrogens is 1. The van der Waals surface area contributed by atoms with E-state index in [4.69, 9.17) is 5.11 Å². The monoisotopic (exact) mass is 261 g/mol. The molecule has 1 amide bonds. The summed E-state index contributed by atoms with van der Waals surface area (Å²) in [5, 5.41) is 12.1. The quantitative estimate of drug-likeness (QED) is 0.678. The second-order valence-electron chi connectivity index (χ2n) is 4.24. The minimum Gasteiger partial charge on any atom is -0.481 e. The van der Waals surface area contributed by atoms with E-state index in [2.05, 4.69) is 15.3 Å². The molecule has 2 heterocycles. The van der Waals surface area contributed by atoms with Gasteiger partial charge in [-0.15, -0.1) is 0 Å². The molecule has 3 N–H and O–H groups in total. The number of nitrogens with zero attached hydrogens (tertiary/aromatic N) is 1. The van der Waals surface area contributed by atoms with E-state index in [1.54, 1.807) is 12.4 Å². The van der Waals surface area contributed by atoms with Gasteiger partial charge in [-0.3, -0.25) is 9.59 Å². The molecule has 0 atom stereocenters. The molecule has 6 nitrogen and oxygen atoms in total. The predicted molar refractivity (Wildman–Crippen MR) is 69.7 cm³/mol. The maximum atomic E-state index is 11.7. The van der Waals surface area contributed by atoms with Crippen LogP contribution in [0.15, 0.2) is 24.5 Å². The first-order chi connectivity index (χ1) is 9.16. The number of carboxylic acids is 1. The number of carboxylic acid groups (broad SMARTS) is 1. The van der Waals surface area contributed by atoms with Crippen molar-refractivity contribution in [3.63, 3.8) is 0 Å². The summed E-state index contributed by atoms with van der Waals surface area (Å²) in [4.78, 5) is 29.2. The summed E-state index contributed by atoms with van der Waals surface area (Å²) in [6, 6.07) is 3.73. The molecule has 19 heavy (non-hydrogen) atoms. The Bertz CT molecular complexity index is 592. The van der Waals surface area contributed by atoms with E-state index in [0.717, 1.165) is 16.6 Å². The number of carbonyl (C=O) groups is 2. The standard InChI is InChI=1S/C13H15N3O3/c17-11(14-5-2-4-12(18)19)7-9-8-16-13-10(9)3-1-6-15-13/h1,3,6,8H,2,4-5,7H2,(H,14,17)(H,15,16)(H,18,19). The second kappa shape index (κ2) is 5.99. The van der Waals surface area contributed by atoms with Gasteiger partial charge in [0.25, 0.3) is 0 Å². The largest absolute Gasteiger partial charge is 0.481 e. The van der Waals surface area contributed by atoms with Gasteiger partial charge in [0.15, 0.2) is 0 Å². The minimum absolute atomic E-state index is 0.0668. The highest BCUT2D eigenvalue weighted by molar-refractivity contribution is 5.87. The molecular weight excluding hydrogens is 246 g/mol. The molecule has 0 saturated carbocycles. The molecule has 0 fully saturated rings. The van der Waals surface area contributed by atoms with Crippen LogP contribution in [0.25, 0.3) is 11.0 Å². The molecule has 2 aromatic rings. The first kappa shape index (κ1) is 13.1. The summed E-state index contributed by atoms with van der Waals surface area (Å²) in [5.74, 6) is -0.966. The molecule has 0 aliphatic rings. The number of hydrogen-bond acceptors (Lipinski definition) is 3. The van der Waals surface area contributed by atoms with E-state index in [-0.39, 0.29) is 18.7 Å². The maximum absolute atomic E-state index is 11.7. The summed E-state index contributed by atoms with van der Waals surface area (Å²) in [5.41, 5.74) is 1.65. The average molecular weight is 261 g/mol.